The Bertz CT molecular complexity index is 407. The van der Waals surface area contributed by atoms with Crippen LogP contribution in [0.25, 0.3) is 0 Å². The molecule has 106 valence electrons. The average Bonchev–Trinajstić information content (AvgIpc) is 2.26. The molecule has 0 saturated heterocycles. The second kappa shape index (κ2) is 7.27. The van der Waals surface area contributed by atoms with E-state index in [2.05, 4.69) is 15.6 Å². The van der Waals surface area contributed by atoms with Crippen molar-refractivity contribution in [3.8, 4) is 0 Å². The topological polar surface area (TPSA) is 125 Å². The standard InChI is InChI=1S/C11H17N3O5/c1-11(2,3)8(16)4-7(9(17)18)14-10(19)13-5-12-6-15/h7H,4-5H2,1-3H3,(H,17,18)(H2,13,14,19). The van der Waals surface area contributed by atoms with E-state index < -0.39 is 23.5 Å². The number of carbonyl (C=O) groups excluding carboxylic acids is 3. The molecule has 19 heavy (non-hydrogen) atoms. The summed E-state index contributed by atoms with van der Waals surface area (Å²) in [5.74, 6) is -1.60. The smallest absolute Gasteiger partial charge is 0.326 e. The van der Waals surface area contributed by atoms with E-state index in [0.29, 0.717) is 0 Å². The van der Waals surface area contributed by atoms with Crippen molar-refractivity contribution in [1.82, 2.24) is 10.6 Å². The maximum atomic E-state index is 11.7. The number of urea groups is 1. The highest BCUT2D eigenvalue weighted by Crippen LogP contribution is 2.17. The number of amides is 2. The molecule has 0 heterocycles. The zero-order valence-electron chi connectivity index (χ0n) is 11.0. The van der Waals surface area contributed by atoms with E-state index in [1.54, 1.807) is 20.8 Å². The fourth-order valence-electron chi connectivity index (χ4n) is 1.04. The molecule has 0 saturated carbocycles. The number of ketones is 1. The number of carboxylic acid groups (broad SMARTS) is 1. The SMILES string of the molecule is CC(C)(C)C(=O)CC(NC(=O)NCN=C=O)C(=O)O. The molecule has 2 amide bonds. The molecule has 0 spiro atoms. The predicted octanol–water partition coefficient (Wildman–Crippen LogP) is 0.0374. The van der Waals surface area contributed by atoms with Gasteiger partial charge in [0.2, 0.25) is 6.08 Å². The van der Waals surface area contributed by atoms with Crippen LogP contribution in [0.4, 0.5) is 4.79 Å². The second-order valence-corrected chi connectivity index (χ2v) is 4.83. The van der Waals surface area contributed by atoms with Crippen LogP contribution in [0.15, 0.2) is 4.99 Å². The van der Waals surface area contributed by atoms with Crippen LogP contribution in [0.2, 0.25) is 0 Å². The van der Waals surface area contributed by atoms with E-state index in [-0.39, 0.29) is 18.9 Å². The molecule has 0 aromatic rings. The monoisotopic (exact) mass is 271 g/mol. The normalized spacial score (nSPS) is 11.9. The van der Waals surface area contributed by atoms with Crippen LogP contribution >= 0.6 is 0 Å². The number of nitrogens with zero attached hydrogens (tertiary/aromatic N) is 1. The third-order valence-electron chi connectivity index (χ3n) is 2.21. The zero-order valence-corrected chi connectivity index (χ0v) is 11.0. The lowest BCUT2D eigenvalue weighted by molar-refractivity contribution is -0.142. The van der Waals surface area contributed by atoms with Gasteiger partial charge < -0.3 is 15.7 Å². The molecule has 1 atom stereocenters. The Morgan fingerprint density at radius 1 is 1.32 bits per heavy atom. The van der Waals surface area contributed by atoms with Gasteiger partial charge in [-0.1, -0.05) is 20.8 Å². The number of aliphatic imine (C=N–C) groups is 1. The summed E-state index contributed by atoms with van der Waals surface area (Å²) in [6.07, 6.45) is 0.897. The number of carbonyl (C=O) groups is 3. The predicted molar refractivity (Wildman–Crippen MR) is 65.2 cm³/mol. The molecular weight excluding hydrogens is 254 g/mol. The molecule has 0 fully saturated rings. The minimum atomic E-state index is -1.33. The minimum absolute atomic E-state index is 0.286. The number of carboxylic acids is 1. The quantitative estimate of drug-likeness (QED) is 0.464. The van der Waals surface area contributed by atoms with E-state index in [0.717, 1.165) is 0 Å². The first kappa shape index (κ1) is 16.8. The van der Waals surface area contributed by atoms with Crippen molar-refractivity contribution in [3.63, 3.8) is 0 Å². The summed E-state index contributed by atoms with van der Waals surface area (Å²) in [6.45, 7) is 4.67. The van der Waals surface area contributed by atoms with Crippen molar-refractivity contribution in [2.24, 2.45) is 10.4 Å². The van der Waals surface area contributed by atoms with Gasteiger partial charge in [0.15, 0.2) is 0 Å². The summed E-state index contributed by atoms with van der Waals surface area (Å²) < 4.78 is 0. The van der Waals surface area contributed by atoms with Gasteiger partial charge in [-0.3, -0.25) is 4.79 Å². The zero-order chi connectivity index (χ0) is 15.1. The van der Waals surface area contributed by atoms with Gasteiger partial charge in [-0.15, -0.1) is 0 Å². The molecule has 1 unspecified atom stereocenters. The van der Waals surface area contributed by atoms with E-state index in [1.165, 1.54) is 6.08 Å². The molecule has 3 N–H and O–H groups in total. The summed E-state index contributed by atoms with van der Waals surface area (Å²) in [5.41, 5.74) is -0.687. The number of isocyanates is 1. The maximum absolute atomic E-state index is 11.7. The van der Waals surface area contributed by atoms with Crippen LogP contribution in [0.5, 0.6) is 0 Å². The number of Topliss-reactive ketones (excluding diaryl/α,β-unsaturated/α-hetero) is 1. The van der Waals surface area contributed by atoms with Crippen LogP contribution in [0.3, 0.4) is 0 Å². The number of aliphatic carboxylic acids is 1. The van der Waals surface area contributed by atoms with Gasteiger partial charge in [-0.05, 0) is 0 Å². The fraction of sp³-hybridized carbons (Fsp3) is 0.636. The second-order valence-electron chi connectivity index (χ2n) is 4.83. The largest absolute Gasteiger partial charge is 0.480 e. The molecule has 0 rings (SSSR count). The summed E-state index contributed by atoms with van der Waals surface area (Å²) in [4.78, 5) is 46.8. The lowest BCUT2D eigenvalue weighted by Crippen LogP contribution is -2.47. The van der Waals surface area contributed by atoms with E-state index in [1.807, 2.05) is 0 Å². The lowest BCUT2D eigenvalue weighted by atomic mass is 9.87. The van der Waals surface area contributed by atoms with Crippen molar-refractivity contribution in [2.45, 2.75) is 33.2 Å². The Balaban J connectivity index is 4.51. The summed E-state index contributed by atoms with van der Waals surface area (Å²) in [5, 5.41) is 13.2. The highest BCUT2D eigenvalue weighted by atomic mass is 16.4. The van der Waals surface area contributed by atoms with Gasteiger partial charge in [0.05, 0.1) is 0 Å². The van der Waals surface area contributed by atoms with E-state index in [9.17, 15) is 19.2 Å². The number of nitrogens with one attached hydrogen (secondary N) is 2. The Morgan fingerprint density at radius 3 is 2.32 bits per heavy atom. The first-order chi connectivity index (χ1) is 8.68. The van der Waals surface area contributed by atoms with Crippen LogP contribution in [0, 0.1) is 5.41 Å². The first-order valence-electron chi connectivity index (χ1n) is 5.52. The molecule has 0 aromatic heterocycles. The van der Waals surface area contributed by atoms with Crippen LogP contribution < -0.4 is 10.6 Å². The molecule has 0 radical (unpaired) electrons. The van der Waals surface area contributed by atoms with Crippen molar-refractivity contribution >= 4 is 23.9 Å². The molecular formula is C11H17N3O5. The van der Waals surface area contributed by atoms with E-state index >= 15 is 0 Å². The van der Waals surface area contributed by atoms with Gasteiger partial charge in [-0.2, -0.15) is 4.99 Å². The maximum Gasteiger partial charge on any atom is 0.326 e. The average molecular weight is 271 g/mol. The molecule has 8 nitrogen and oxygen atoms in total. The van der Waals surface area contributed by atoms with Crippen LogP contribution in [-0.2, 0) is 14.4 Å². The van der Waals surface area contributed by atoms with E-state index in [4.69, 9.17) is 5.11 Å². The van der Waals surface area contributed by atoms with Crippen molar-refractivity contribution in [2.75, 3.05) is 6.67 Å². The van der Waals surface area contributed by atoms with Gasteiger partial charge in [0, 0.05) is 11.8 Å². The minimum Gasteiger partial charge on any atom is -0.480 e. The Kier molecular flexibility index (Phi) is 6.43. The molecule has 0 aliphatic rings. The van der Waals surface area contributed by atoms with Crippen molar-refractivity contribution < 1.29 is 24.3 Å². The molecule has 8 heteroatoms. The summed E-state index contributed by atoms with van der Waals surface area (Å²) in [7, 11) is 0. The Labute approximate surface area is 110 Å². The molecule has 0 aliphatic carbocycles. The summed E-state index contributed by atoms with van der Waals surface area (Å²) >= 11 is 0. The van der Waals surface area contributed by atoms with Crippen LogP contribution in [-0.4, -0.2) is 41.7 Å². The summed E-state index contributed by atoms with van der Waals surface area (Å²) in [6, 6.07) is -2.15. The van der Waals surface area contributed by atoms with Gasteiger partial charge in [-0.25, -0.2) is 14.4 Å². The molecule has 0 bridgehead atoms. The Morgan fingerprint density at radius 2 is 1.89 bits per heavy atom. The van der Waals surface area contributed by atoms with Gasteiger partial charge in [0.1, 0.15) is 18.5 Å². The van der Waals surface area contributed by atoms with Crippen LogP contribution in [0.1, 0.15) is 27.2 Å². The first-order valence-corrected chi connectivity index (χ1v) is 5.52. The number of hydrogen-bond donors (Lipinski definition) is 3. The van der Waals surface area contributed by atoms with Crippen molar-refractivity contribution in [3.05, 3.63) is 0 Å². The fourth-order valence-corrected chi connectivity index (χ4v) is 1.04. The third-order valence-corrected chi connectivity index (χ3v) is 2.21. The Hall–Kier alpha value is -2.21. The van der Waals surface area contributed by atoms with Gasteiger partial charge in [0.25, 0.3) is 0 Å². The van der Waals surface area contributed by atoms with Crippen molar-refractivity contribution in [1.29, 1.82) is 0 Å². The highest BCUT2D eigenvalue weighted by Gasteiger charge is 2.29. The third kappa shape index (κ3) is 6.95. The number of rotatable bonds is 6. The lowest BCUT2D eigenvalue weighted by Gasteiger charge is -2.20. The van der Waals surface area contributed by atoms with Gasteiger partial charge >= 0.3 is 12.0 Å². The molecule has 0 aromatic carbocycles. The highest BCUT2D eigenvalue weighted by molar-refractivity contribution is 5.91. The number of hydrogen-bond acceptors (Lipinski definition) is 5. The molecule has 0 aliphatic heterocycles.